The van der Waals surface area contributed by atoms with Gasteiger partial charge in [-0.25, -0.2) is 19.6 Å². The van der Waals surface area contributed by atoms with Crippen LogP contribution in [0, 0.1) is 17.8 Å². The fourth-order valence-electron chi connectivity index (χ4n) is 5.78. The Bertz CT molecular complexity index is 1750. The summed E-state index contributed by atoms with van der Waals surface area (Å²) in [6.45, 7) is 15.0. The molecular weight excluding hydrogens is 991 g/mol. The molecule has 0 saturated heterocycles. The van der Waals surface area contributed by atoms with Crippen molar-refractivity contribution in [3.05, 3.63) is 18.0 Å². The van der Waals surface area contributed by atoms with Gasteiger partial charge in [0.2, 0.25) is 23.6 Å². The highest BCUT2D eigenvalue weighted by atomic mass is 32.2. The second-order valence-electron chi connectivity index (χ2n) is 17.3. The number of hydrogen-bond donors (Lipinski definition) is 6. The van der Waals surface area contributed by atoms with Gasteiger partial charge in [-0.3, -0.25) is 19.2 Å². The van der Waals surface area contributed by atoms with Gasteiger partial charge in [-0.05, 0) is 58.6 Å². The Balaban J connectivity index is 1.88. The van der Waals surface area contributed by atoms with E-state index in [-0.39, 0.29) is 37.9 Å². The molecule has 1 heterocycles. The molecule has 0 saturated carbocycles. The van der Waals surface area contributed by atoms with Crippen molar-refractivity contribution in [3.63, 3.8) is 0 Å². The van der Waals surface area contributed by atoms with Gasteiger partial charge in [-0.2, -0.15) is 0 Å². The summed E-state index contributed by atoms with van der Waals surface area (Å²) in [4.78, 5) is 81.5. The molecule has 0 aliphatic rings. The highest BCUT2D eigenvalue weighted by molar-refractivity contribution is 7.98. The number of thioether (sulfide) groups is 1. The summed E-state index contributed by atoms with van der Waals surface area (Å²) >= 11 is 1.47. The molecular formula is C49H83N7O17S. The summed E-state index contributed by atoms with van der Waals surface area (Å²) in [5.41, 5.74) is 0.118. The van der Waals surface area contributed by atoms with Crippen LogP contribution in [0.3, 0.4) is 0 Å². The second kappa shape index (κ2) is 44.5. The van der Waals surface area contributed by atoms with Gasteiger partial charge in [0.25, 0.3) is 0 Å². The lowest BCUT2D eigenvalue weighted by molar-refractivity contribution is -0.142. The van der Waals surface area contributed by atoms with Crippen molar-refractivity contribution in [2.45, 2.75) is 96.0 Å². The number of aliphatic carboxylic acids is 1. The minimum atomic E-state index is -1.23. The normalized spacial score (nSPS) is 12.0. The number of alkyl carbamates (subject to hydrolysis) is 1. The Morgan fingerprint density at radius 1 is 0.608 bits per heavy atom. The van der Waals surface area contributed by atoms with E-state index < -0.39 is 60.7 Å². The number of carbonyl (C=O) groups excluding carboxylic acids is 5. The van der Waals surface area contributed by atoms with Crippen LogP contribution >= 0.6 is 11.8 Å². The van der Waals surface area contributed by atoms with E-state index in [9.17, 15) is 33.9 Å². The molecule has 5 amide bonds. The molecule has 24 nitrogen and oxygen atoms in total. The van der Waals surface area contributed by atoms with Gasteiger partial charge in [-0.15, -0.1) is 0 Å². The first-order valence-corrected chi connectivity index (χ1v) is 26.2. The molecule has 2 atom stereocenters. The first kappa shape index (κ1) is 67.3. The Kier molecular flexibility index (Phi) is 40.5. The van der Waals surface area contributed by atoms with Crippen LogP contribution < -0.4 is 26.6 Å². The molecule has 25 heteroatoms. The molecule has 74 heavy (non-hydrogen) atoms. The monoisotopic (exact) mass is 1070 g/mol. The smallest absolute Gasteiger partial charge is 0.407 e. The van der Waals surface area contributed by atoms with Gasteiger partial charge in [0, 0.05) is 44.9 Å². The van der Waals surface area contributed by atoms with Crippen LogP contribution in [0.2, 0.25) is 0 Å². The van der Waals surface area contributed by atoms with E-state index in [1.54, 1.807) is 47.0 Å². The van der Waals surface area contributed by atoms with E-state index in [0.717, 1.165) is 5.56 Å². The van der Waals surface area contributed by atoms with Crippen molar-refractivity contribution in [2.24, 2.45) is 5.92 Å². The number of ether oxygens (including phenoxy) is 10. The van der Waals surface area contributed by atoms with Gasteiger partial charge >= 0.3 is 12.1 Å². The molecule has 1 aromatic rings. The van der Waals surface area contributed by atoms with E-state index in [2.05, 4.69) is 48.4 Å². The first-order chi connectivity index (χ1) is 35.6. The van der Waals surface area contributed by atoms with E-state index in [0.29, 0.717) is 143 Å². The number of carbonyl (C=O) groups is 6. The van der Waals surface area contributed by atoms with Crippen LogP contribution in [0.25, 0.3) is 0 Å². The summed E-state index contributed by atoms with van der Waals surface area (Å²) in [6, 6.07) is -2.24. The van der Waals surface area contributed by atoms with Crippen LogP contribution in [0.1, 0.15) is 78.7 Å². The maximum atomic E-state index is 12.9. The average Bonchev–Trinajstić information content (AvgIpc) is 3.35. The summed E-state index contributed by atoms with van der Waals surface area (Å²) in [6.07, 6.45) is 7.39. The number of rotatable bonds is 45. The third-order valence-electron chi connectivity index (χ3n) is 9.42. The topological polar surface area (TPSA) is 301 Å². The molecule has 0 aliphatic heterocycles. The summed E-state index contributed by atoms with van der Waals surface area (Å²) in [5.74, 6) is 2.62. The fourth-order valence-corrected chi connectivity index (χ4v) is 6.09. The van der Waals surface area contributed by atoms with Gasteiger partial charge in [0.05, 0.1) is 111 Å². The summed E-state index contributed by atoms with van der Waals surface area (Å²) in [7, 11) is 0. The lowest BCUT2D eigenvalue weighted by atomic mass is 10.0. The fraction of sp³-hybridized carbons (Fsp3) is 0.755. The van der Waals surface area contributed by atoms with Gasteiger partial charge in [0.1, 0.15) is 30.9 Å². The Labute approximate surface area is 440 Å². The van der Waals surface area contributed by atoms with Crippen LogP contribution in [0.15, 0.2) is 17.6 Å². The maximum absolute atomic E-state index is 12.9. The number of unbranched alkanes of at least 4 members (excludes halogenated alkanes) is 2. The SMILES string of the molecule is CSc1ncc(C#CCCCC(=O)NCCOCCOCCOCCOCCOCCOCCOCCOCCNC(=O)COCC(=O)N[C@H](C(=O)N[C@@H](CCCCNC(=O)OC(C)(C)C)C(=O)O)C(C)C)cn1. The summed E-state index contributed by atoms with van der Waals surface area (Å²) in [5, 5.41) is 23.4. The molecule has 0 spiro atoms. The van der Waals surface area contributed by atoms with Gasteiger partial charge in [-0.1, -0.05) is 37.5 Å². The van der Waals surface area contributed by atoms with Crippen molar-refractivity contribution in [1.29, 1.82) is 0 Å². The van der Waals surface area contributed by atoms with Crippen LogP contribution in [0.5, 0.6) is 0 Å². The third kappa shape index (κ3) is 40.6. The van der Waals surface area contributed by atoms with Crippen molar-refractivity contribution in [3.8, 4) is 11.8 Å². The van der Waals surface area contributed by atoms with Crippen LogP contribution in [-0.2, 0) is 71.3 Å². The van der Waals surface area contributed by atoms with Crippen LogP contribution in [0.4, 0.5) is 4.79 Å². The van der Waals surface area contributed by atoms with Crippen molar-refractivity contribution >= 4 is 47.5 Å². The molecule has 1 aromatic heterocycles. The standard InChI is InChI=1S/C49H83N7O17S/c1-38(2)44(45(60)55-40(46(61)62)13-10-11-15-52-48(63)73-49(3,4)5)56-43(59)37-72-36-42(58)51-17-19-65-21-23-67-25-27-69-29-31-71-33-32-70-30-28-68-26-24-66-22-20-64-18-16-50-41(57)14-9-7-8-12-39-34-53-47(74-6)54-35-39/h34-35,38,40,44H,7,9-11,13-33,36-37H2,1-6H3,(H,50,57)(H,51,58)(H,52,63)(H,55,60)(H,56,59)(H,61,62)/t40-,44-/m0/s1. The summed E-state index contributed by atoms with van der Waals surface area (Å²) < 4.78 is 54.2. The molecule has 0 radical (unpaired) electrons. The minimum absolute atomic E-state index is 0.0311. The van der Waals surface area contributed by atoms with Crippen molar-refractivity contribution in [1.82, 2.24) is 36.6 Å². The van der Waals surface area contributed by atoms with Crippen LogP contribution in [-0.4, -0.2) is 213 Å². The van der Waals surface area contributed by atoms with E-state index in [1.807, 2.05) is 6.26 Å². The predicted octanol–water partition coefficient (Wildman–Crippen LogP) is 1.51. The maximum Gasteiger partial charge on any atom is 0.407 e. The van der Waals surface area contributed by atoms with E-state index in [4.69, 9.17) is 47.4 Å². The minimum Gasteiger partial charge on any atom is -0.480 e. The predicted molar refractivity (Wildman–Crippen MR) is 272 cm³/mol. The number of nitrogens with zero attached hydrogens (tertiary/aromatic N) is 2. The number of carboxylic acid groups (broad SMARTS) is 1. The van der Waals surface area contributed by atoms with Crippen molar-refractivity contribution < 1.29 is 81.2 Å². The zero-order valence-electron chi connectivity index (χ0n) is 44.3. The quantitative estimate of drug-likeness (QED) is 0.0233. The number of amides is 5. The lowest BCUT2D eigenvalue weighted by Crippen LogP contribution is -2.54. The highest BCUT2D eigenvalue weighted by Gasteiger charge is 2.28. The first-order valence-electron chi connectivity index (χ1n) is 25.0. The zero-order chi connectivity index (χ0) is 54.5. The van der Waals surface area contributed by atoms with Gasteiger partial charge < -0.3 is 79.1 Å². The molecule has 0 aliphatic carbocycles. The molecule has 0 fully saturated rings. The average molecular weight is 1070 g/mol. The third-order valence-corrected chi connectivity index (χ3v) is 10.0. The highest BCUT2D eigenvalue weighted by Crippen LogP contribution is 2.09. The molecule has 0 unspecified atom stereocenters. The Hall–Kier alpha value is -4.75. The molecule has 1 rings (SSSR count). The lowest BCUT2D eigenvalue weighted by Gasteiger charge is -2.24. The molecule has 0 bridgehead atoms. The largest absolute Gasteiger partial charge is 0.480 e. The molecule has 0 aromatic carbocycles. The van der Waals surface area contributed by atoms with Crippen molar-refractivity contribution in [2.75, 3.05) is 145 Å². The number of carboxylic acids is 1. The molecule has 422 valence electrons. The zero-order valence-corrected chi connectivity index (χ0v) is 45.1. The number of hydrogen-bond acceptors (Lipinski definition) is 19. The number of nitrogens with one attached hydrogen (secondary N) is 5. The Morgan fingerprint density at radius 2 is 1.08 bits per heavy atom. The number of aromatic nitrogens is 2. The van der Waals surface area contributed by atoms with E-state index >= 15 is 0 Å². The molecule has 6 N–H and O–H groups in total. The second-order valence-corrected chi connectivity index (χ2v) is 18.1. The van der Waals surface area contributed by atoms with E-state index in [1.165, 1.54) is 11.8 Å². The van der Waals surface area contributed by atoms with Gasteiger partial charge in [0.15, 0.2) is 5.16 Å². The Morgan fingerprint density at radius 3 is 1.54 bits per heavy atom.